The van der Waals surface area contributed by atoms with Gasteiger partial charge in [0.1, 0.15) is 0 Å². The van der Waals surface area contributed by atoms with E-state index in [0.717, 1.165) is 21.9 Å². The second kappa shape index (κ2) is 9.57. The van der Waals surface area contributed by atoms with E-state index in [2.05, 4.69) is 5.32 Å². The van der Waals surface area contributed by atoms with E-state index in [9.17, 15) is 15.2 Å². The van der Waals surface area contributed by atoms with E-state index < -0.39 is 11.0 Å². The molecule has 32 heavy (non-hydrogen) atoms. The lowest BCUT2D eigenvalue weighted by Gasteiger charge is -2.24. The minimum atomic E-state index is -0.746. The van der Waals surface area contributed by atoms with Crippen LogP contribution in [0.3, 0.4) is 0 Å². The molecule has 2 atom stereocenters. The summed E-state index contributed by atoms with van der Waals surface area (Å²) in [6.07, 6.45) is -0.391. The Kier molecular flexibility index (Phi) is 6.61. The van der Waals surface area contributed by atoms with Crippen molar-refractivity contribution in [2.24, 2.45) is 0 Å². The van der Waals surface area contributed by atoms with Crippen molar-refractivity contribution in [1.82, 2.24) is 0 Å². The monoisotopic (exact) mass is 466 g/mol. The highest BCUT2D eigenvalue weighted by Crippen LogP contribution is 2.34. The molecule has 0 aromatic heterocycles. The van der Waals surface area contributed by atoms with Crippen molar-refractivity contribution in [3.63, 3.8) is 0 Å². The molecule has 0 radical (unpaired) electrons. The Labute approximate surface area is 195 Å². The quantitative estimate of drug-likeness (QED) is 0.220. The van der Waals surface area contributed by atoms with E-state index in [1.54, 1.807) is 24.3 Å². The van der Waals surface area contributed by atoms with Crippen LogP contribution >= 0.6 is 23.2 Å². The molecule has 4 rings (SSSR count). The standard InChI is InChI=1S/C25H20Cl2N2O3/c26-22-12-7-18(14-23(22)27)24(28-20-8-10-21(11-9-20)29(31)32)15-25(30)19-6-5-16-3-1-2-4-17(16)13-19/h1-14,24-25,28,30H,15H2. The van der Waals surface area contributed by atoms with Gasteiger partial charge in [0.2, 0.25) is 0 Å². The molecule has 0 bridgehead atoms. The average Bonchev–Trinajstić information content (AvgIpc) is 2.80. The van der Waals surface area contributed by atoms with Gasteiger partial charge in [0.25, 0.3) is 5.69 Å². The normalized spacial score (nSPS) is 13.0. The van der Waals surface area contributed by atoms with Crippen molar-refractivity contribution in [1.29, 1.82) is 0 Å². The fourth-order valence-corrected chi connectivity index (χ4v) is 3.97. The van der Waals surface area contributed by atoms with Crippen molar-refractivity contribution in [3.8, 4) is 0 Å². The molecule has 0 aliphatic carbocycles. The number of anilines is 1. The number of benzene rings is 4. The predicted octanol–water partition coefficient (Wildman–Crippen LogP) is 7.33. The zero-order chi connectivity index (χ0) is 22.7. The summed E-state index contributed by atoms with van der Waals surface area (Å²) in [6.45, 7) is 0. The fourth-order valence-electron chi connectivity index (χ4n) is 3.66. The van der Waals surface area contributed by atoms with E-state index in [1.807, 2.05) is 48.5 Å². The van der Waals surface area contributed by atoms with Crippen LogP contribution < -0.4 is 5.32 Å². The van der Waals surface area contributed by atoms with Gasteiger partial charge in [-0.1, -0.05) is 65.7 Å². The second-order valence-corrected chi connectivity index (χ2v) is 8.35. The SMILES string of the molecule is O=[N+]([O-])c1ccc(NC(CC(O)c2ccc3ccccc3c2)c2ccc(Cl)c(Cl)c2)cc1. The predicted molar refractivity (Wildman–Crippen MR) is 129 cm³/mol. The number of aliphatic hydroxyl groups is 1. The smallest absolute Gasteiger partial charge is 0.269 e. The Hall–Kier alpha value is -3.12. The summed E-state index contributed by atoms with van der Waals surface area (Å²) in [7, 11) is 0. The van der Waals surface area contributed by atoms with Gasteiger partial charge in [-0.05, 0) is 52.2 Å². The molecule has 162 valence electrons. The molecule has 0 amide bonds. The maximum Gasteiger partial charge on any atom is 0.269 e. The summed E-state index contributed by atoms with van der Waals surface area (Å²) in [5.41, 5.74) is 2.35. The van der Waals surface area contributed by atoms with Crippen LogP contribution in [0.2, 0.25) is 10.0 Å². The zero-order valence-corrected chi connectivity index (χ0v) is 18.4. The highest BCUT2D eigenvalue weighted by Gasteiger charge is 2.20. The first-order valence-electron chi connectivity index (χ1n) is 10.0. The van der Waals surface area contributed by atoms with Crippen LogP contribution in [0.4, 0.5) is 11.4 Å². The first-order valence-corrected chi connectivity index (χ1v) is 10.8. The summed E-state index contributed by atoms with van der Waals surface area (Å²) in [6, 6.07) is 25.1. The van der Waals surface area contributed by atoms with E-state index in [0.29, 0.717) is 22.2 Å². The van der Waals surface area contributed by atoms with Gasteiger partial charge in [-0.2, -0.15) is 0 Å². The number of nitrogens with zero attached hydrogens (tertiary/aromatic N) is 1. The Morgan fingerprint density at radius 1 is 0.844 bits per heavy atom. The lowest BCUT2D eigenvalue weighted by atomic mass is 9.95. The van der Waals surface area contributed by atoms with Crippen molar-refractivity contribution in [2.75, 3.05) is 5.32 Å². The van der Waals surface area contributed by atoms with Crippen LogP contribution in [0.5, 0.6) is 0 Å². The summed E-state index contributed by atoms with van der Waals surface area (Å²) in [5.74, 6) is 0. The van der Waals surface area contributed by atoms with E-state index in [4.69, 9.17) is 23.2 Å². The first-order chi connectivity index (χ1) is 15.4. The third-order valence-electron chi connectivity index (χ3n) is 5.38. The van der Waals surface area contributed by atoms with Crippen LogP contribution in [-0.4, -0.2) is 10.0 Å². The Balaban J connectivity index is 1.62. The highest BCUT2D eigenvalue weighted by atomic mass is 35.5. The molecule has 2 unspecified atom stereocenters. The topological polar surface area (TPSA) is 75.4 Å². The number of hydrogen-bond acceptors (Lipinski definition) is 4. The van der Waals surface area contributed by atoms with Crippen LogP contribution in [0.25, 0.3) is 10.8 Å². The first kappa shape index (κ1) is 22.1. The summed E-state index contributed by atoms with van der Waals surface area (Å²) >= 11 is 12.3. The molecule has 0 saturated carbocycles. The number of aliphatic hydroxyl groups excluding tert-OH is 1. The highest BCUT2D eigenvalue weighted by molar-refractivity contribution is 6.42. The number of nitro benzene ring substituents is 1. The molecular formula is C25H20Cl2N2O3. The summed E-state index contributed by atoms with van der Waals surface area (Å²) in [4.78, 5) is 10.5. The third kappa shape index (κ3) is 5.02. The minimum absolute atomic E-state index is 0.0119. The van der Waals surface area contributed by atoms with Crippen molar-refractivity contribution in [3.05, 3.63) is 116 Å². The Morgan fingerprint density at radius 3 is 2.22 bits per heavy atom. The van der Waals surface area contributed by atoms with Crippen LogP contribution in [-0.2, 0) is 0 Å². The number of non-ortho nitro benzene ring substituents is 1. The van der Waals surface area contributed by atoms with Gasteiger partial charge >= 0.3 is 0 Å². The number of hydrogen-bond donors (Lipinski definition) is 2. The van der Waals surface area contributed by atoms with Crippen LogP contribution in [0, 0.1) is 10.1 Å². The Bertz CT molecular complexity index is 1260. The lowest BCUT2D eigenvalue weighted by molar-refractivity contribution is -0.384. The van der Waals surface area contributed by atoms with Gasteiger partial charge in [-0.25, -0.2) is 0 Å². The third-order valence-corrected chi connectivity index (χ3v) is 6.12. The number of rotatable bonds is 7. The Morgan fingerprint density at radius 2 is 1.53 bits per heavy atom. The molecule has 5 nitrogen and oxygen atoms in total. The van der Waals surface area contributed by atoms with Gasteiger partial charge in [0, 0.05) is 24.2 Å². The maximum absolute atomic E-state index is 11.0. The second-order valence-electron chi connectivity index (χ2n) is 7.53. The molecule has 4 aromatic carbocycles. The molecule has 0 spiro atoms. The van der Waals surface area contributed by atoms with Gasteiger partial charge in [0.05, 0.1) is 27.1 Å². The summed E-state index contributed by atoms with van der Waals surface area (Å²) < 4.78 is 0. The number of nitrogens with one attached hydrogen (secondary N) is 1. The minimum Gasteiger partial charge on any atom is -0.388 e. The number of nitro groups is 1. The van der Waals surface area contributed by atoms with E-state index in [-0.39, 0.29) is 11.7 Å². The lowest BCUT2D eigenvalue weighted by Crippen LogP contribution is -2.15. The van der Waals surface area contributed by atoms with Crippen molar-refractivity contribution in [2.45, 2.75) is 18.6 Å². The molecule has 4 aromatic rings. The zero-order valence-electron chi connectivity index (χ0n) is 16.9. The molecule has 2 N–H and O–H groups in total. The summed E-state index contributed by atoms with van der Waals surface area (Å²) in [5, 5.41) is 28.4. The number of fused-ring (bicyclic) bond motifs is 1. The molecule has 0 fully saturated rings. The van der Waals surface area contributed by atoms with Gasteiger partial charge < -0.3 is 10.4 Å². The molecule has 7 heteroatoms. The van der Waals surface area contributed by atoms with E-state index in [1.165, 1.54) is 12.1 Å². The van der Waals surface area contributed by atoms with Crippen LogP contribution in [0.1, 0.15) is 29.7 Å². The maximum atomic E-state index is 11.0. The molecule has 0 aliphatic heterocycles. The molecule has 0 aliphatic rings. The van der Waals surface area contributed by atoms with Crippen molar-refractivity contribution < 1.29 is 10.0 Å². The van der Waals surface area contributed by atoms with E-state index >= 15 is 0 Å². The van der Waals surface area contributed by atoms with Gasteiger partial charge in [-0.3, -0.25) is 10.1 Å². The molecule has 0 saturated heterocycles. The molecular weight excluding hydrogens is 447 g/mol. The number of halogens is 2. The van der Waals surface area contributed by atoms with Gasteiger partial charge in [-0.15, -0.1) is 0 Å². The molecule has 0 heterocycles. The largest absolute Gasteiger partial charge is 0.388 e. The van der Waals surface area contributed by atoms with Gasteiger partial charge in [0.15, 0.2) is 0 Å². The average molecular weight is 467 g/mol. The van der Waals surface area contributed by atoms with Crippen LogP contribution in [0.15, 0.2) is 84.9 Å². The van der Waals surface area contributed by atoms with Crippen molar-refractivity contribution >= 4 is 45.3 Å². The fraction of sp³-hybridized carbons (Fsp3) is 0.120.